The molecule has 0 bridgehead atoms. The number of nitrogens with one attached hydrogen (secondary N) is 1. The van der Waals surface area contributed by atoms with Crippen molar-refractivity contribution in [2.45, 2.75) is 6.92 Å². The van der Waals surface area contributed by atoms with Gasteiger partial charge < -0.3 is 10.1 Å². The monoisotopic (exact) mass is 353 g/mol. The number of benzene rings is 2. The van der Waals surface area contributed by atoms with Crippen LogP contribution in [0.25, 0.3) is 0 Å². The van der Waals surface area contributed by atoms with E-state index in [2.05, 4.69) is 21.2 Å². The van der Waals surface area contributed by atoms with Crippen LogP contribution in [0.5, 0.6) is 5.75 Å². The highest BCUT2D eigenvalue weighted by molar-refractivity contribution is 9.10. The Morgan fingerprint density at radius 1 is 1.25 bits per heavy atom. The van der Waals surface area contributed by atoms with Gasteiger partial charge in [0.25, 0.3) is 5.91 Å². The summed E-state index contributed by atoms with van der Waals surface area (Å²) in [6, 6.07) is 12.5. The largest absolute Gasteiger partial charge is 0.492 e. The molecule has 3 nitrogen and oxygen atoms in total. The lowest BCUT2D eigenvalue weighted by Crippen LogP contribution is -2.13. The van der Waals surface area contributed by atoms with E-state index in [1.807, 2.05) is 25.1 Å². The first-order chi connectivity index (χ1) is 9.63. The van der Waals surface area contributed by atoms with Crippen molar-refractivity contribution in [2.75, 3.05) is 11.9 Å². The molecular formula is C15H13BrClNO2. The van der Waals surface area contributed by atoms with Gasteiger partial charge in [-0.2, -0.15) is 0 Å². The Morgan fingerprint density at radius 3 is 2.75 bits per heavy atom. The molecule has 2 rings (SSSR count). The summed E-state index contributed by atoms with van der Waals surface area (Å²) in [6.45, 7) is 2.42. The van der Waals surface area contributed by atoms with Crippen molar-refractivity contribution in [1.82, 2.24) is 0 Å². The molecule has 1 N–H and O–H groups in total. The highest BCUT2D eigenvalue weighted by Crippen LogP contribution is 2.28. The number of hydrogen-bond acceptors (Lipinski definition) is 2. The summed E-state index contributed by atoms with van der Waals surface area (Å²) in [5.74, 6) is 0.359. The fourth-order valence-electron chi connectivity index (χ4n) is 1.72. The second kappa shape index (κ2) is 6.77. The lowest BCUT2D eigenvalue weighted by atomic mass is 10.2. The van der Waals surface area contributed by atoms with Gasteiger partial charge in [-0.15, -0.1) is 0 Å². The average Bonchev–Trinajstić information content (AvgIpc) is 2.44. The average molecular weight is 355 g/mol. The Labute approximate surface area is 131 Å². The zero-order chi connectivity index (χ0) is 14.5. The molecule has 0 aliphatic heterocycles. The number of amides is 1. The molecule has 0 atom stereocenters. The van der Waals surface area contributed by atoms with Crippen LogP contribution < -0.4 is 10.1 Å². The van der Waals surface area contributed by atoms with Gasteiger partial charge in [0.15, 0.2) is 0 Å². The zero-order valence-corrected chi connectivity index (χ0v) is 13.2. The van der Waals surface area contributed by atoms with Crippen molar-refractivity contribution >= 4 is 39.1 Å². The third-order valence-electron chi connectivity index (χ3n) is 2.63. The molecule has 104 valence electrons. The number of anilines is 1. The van der Waals surface area contributed by atoms with Crippen LogP contribution in [-0.4, -0.2) is 12.5 Å². The van der Waals surface area contributed by atoms with E-state index in [1.54, 1.807) is 24.3 Å². The Hall–Kier alpha value is -1.52. The Morgan fingerprint density at radius 2 is 2.00 bits per heavy atom. The molecule has 0 radical (unpaired) electrons. The minimum Gasteiger partial charge on any atom is -0.492 e. The lowest BCUT2D eigenvalue weighted by Gasteiger charge is -2.12. The van der Waals surface area contributed by atoms with Crippen molar-refractivity contribution < 1.29 is 9.53 Å². The summed E-state index contributed by atoms with van der Waals surface area (Å²) >= 11 is 9.42. The maximum atomic E-state index is 12.3. The third kappa shape index (κ3) is 3.32. The van der Waals surface area contributed by atoms with Crippen molar-refractivity contribution in [3.05, 3.63) is 57.5 Å². The molecule has 0 aromatic heterocycles. The summed E-state index contributed by atoms with van der Waals surface area (Å²) in [4.78, 5) is 12.3. The molecule has 20 heavy (non-hydrogen) atoms. The number of hydrogen-bond donors (Lipinski definition) is 1. The van der Waals surface area contributed by atoms with E-state index < -0.39 is 0 Å². The summed E-state index contributed by atoms with van der Waals surface area (Å²) in [6.07, 6.45) is 0. The standard InChI is InChI=1S/C15H13BrClNO2/c1-2-20-13-9-4-3-8-12(13)18-15(19)10-6-5-7-11(16)14(10)17/h3-9H,2H2,1H3,(H,18,19). The molecule has 2 aromatic carbocycles. The fourth-order valence-corrected chi connectivity index (χ4v) is 2.30. The van der Waals surface area contributed by atoms with Crippen LogP contribution in [0, 0.1) is 0 Å². The van der Waals surface area contributed by atoms with Gasteiger partial charge in [-0.05, 0) is 47.1 Å². The van der Waals surface area contributed by atoms with Gasteiger partial charge in [0.05, 0.1) is 22.9 Å². The van der Waals surface area contributed by atoms with Gasteiger partial charge in [-0.25, -0.2) is 0 Å². The van der Waals surface area contributed by atoms with Gasteiger partial charge in [0.2, 0.25) is 0 Å². The van der Waals surface area contributed by atoms with Crippen LogP contribution in [0.1, 0.15) is 17.3 Å². The van der Waals surface area contributed by atoms with E-state index in [4.69, 9.17) is 16.3 Å². The summed E-state index contributed by atoms with van der Waals surface area (Å²) < 4.78 is 6.16. The number of rotatable bonds is 4. The van der Waals surface area contributed by atoms with Crippen LogP contribution in [-0.2, 0) is 0 Å². The maximum Gasteiger partial charge on any atom is 0.257 e. The number of para-hydroxylation sites is 2. The highest BCUT2D eigenvalue weighted by atomic mass is 79.9. The molecule has 0 fully saturated rings. The predicted octanol–water partition coefficient (Wildman–Crippen LogP) is 4.75. The fraction of sp³-hybridized carbons (Fsp3) is 0.133. The van der Waals surface area contributed by atoms with Gasteiger partial charge in [-0.1, -0.05) is 29.8 Å². The second-order valence-electron chi connectivity index (χ2n) is 3.98. The molecular weight excluding hydrogens is 342 g/mol. The molecule has 2 aromatic rings. The third-order valence-corrected chi connectivity index (χ3v) is 3.93. The number of carbonyl (C=O) groups excluding carboxylic acids is 1. The van der Waals surface area contributed by atoms with Gasteiger partial charge >= 0.3 is 0 Å². The zero-order valence-electron chi connectivity index (χ0n) is 10.8. The van der Waals surface area contributed by atoms with E-state index >= 15 is 0 Å². The van der Waals surface area contributed by atoms with Crippen LogP contribution in [0.2, 0.25) is 5.02 Å². The summed E-state index contributed by atoms with van der Waals surface area (Å²) in [7, 11) is 0. The van der Waals surface area contributed by atoms with Crippen molar-refractivity contribution in [2.24, 2.45) is 0 Å². The number of ether oxygens (including phenoxy) is 1. The van der Waals surface area contributed by atoms with E-state index in [1.165, 1.54) is 0 Å². The minimum absolute atomic E-state index is 0.275. The number of halogens is 2. The van der Waals surface area contributed by atoms with Crippen molar-refractivity contribution in [3.63, 3.8) is 0 Å². The smallest absolute Gasteiger partial charge is 0.257 e. The molecule has 0 aliphatic carbocycles. The molecule has 0 heterocycles. The minimum atomic E-state index is -0.275. The topological polar surface area (TPSA) is 38.3 Å². The first kappa shape index (κ1) is 14.9. The van der Waals surface area contributed by atoms with Crippen LogP contribution in [0.15, 0.2) is 46.9 Å². The highest BCUT2D eigenvalue weighted by Gasteiger charge is 2.14. The molecule has 0 spiro atoms. The maximum absolute atomic E-state index is 12.3. The van der Waals surface area contributed by atoms with Gasteiger partial charge in [0, 0.05) is 4.47 Å². The molecule has 0 saturated carbocycles. The van der Waals surface area contributed by atoms with E-state index in [0.29, 0.717) is 33.1 Å². The molecule has 1 amide bonds. The van der Waals surface area contributed by atoms with Crippen LogP contribution >= 0.6 is 27.5 Å². The first-order valence-corrected chi connectivity index (χ1v) is 7.27. The summed E-state index contributed by atoms with van der Waals surface area (Å²) in [5.41, 5.74) is 1.03. The SMILES string of the molecule is CCOc1ccccc1NC(=O)c1cccc(Br)c1Cl. The van der Waals surface area contributed by atoms with E-state index in [9.17, 15) is 4.79 Å². The Kier molecular flexibility index (Phi) is 5.04. The van der Waals surface area contributed by atoms with Gasteiger partial charge in [0.1, 0.15) is 5.75 Å². The van der Waals surface area contributed by atoms with E-state index in [0.717, 1.165) is 0 Å². The molecule has 0 saturated heterocycles. The lowest BCUT2D eigenvalue weighted by molar-refractivity contribution is 0.102. The van der Waals surface area contributed by atoms with Crippen molar-refractivity contribution in [1.29, 1.82) is 0 Å². The Balaban J connectivity index is 2.26. The molecule has 0 unspecified atom stereocenters. The predicted molar refractivity (Wildman–Crippen MR) is 84.7 cm³/mol. The summed E-state index contributed by atoms with van der Waals surface area (Å²) in [5, 5.41) is 3.20. The normalized spacial score (nSPS) is 10.2. The van der Waals surface area contributed by atoms with E-state index in [-0.39, 0.29) is 5.91 Å². The first-order valence-electron chi connectivity index (χ1n) is 6.10. The Bertz CT molecular complexity index is 631. The molecule has 5 heteroatoms. The van der Waals surface area contributed by atoms with Crippen molar-refractivity contribution in [3.8, 4) is 5.75 Å². The van der Waals surface area contributed by atoms with Crippen LogP contribution in [0.3, 0.4) is 0 Å². The molecule has 0 aliphatic rings. The van der Waals surface area contributed by atoms with Crippen LogP contribution in [0.4, 0.5) is 5.69 Å². The van der Waals surface area contributed by atoms with Gasteiger partial charge in [-0.3, -0.25) is 4.79 Å². The second-order valence-corrected chi connectivity index (χ2v) is 5.22. The quantitative estimate of drug-likeness (QED) is 0.860. The number of carbonyl (C=O) groups is 1.